The van der Waals surface area contributed by atoms with Crippen LogP contribution in [0.5, 0.6) is 0 Å². The van der Waals surface area contributed by atoms with E-state index in [1.807, 2.05) is 13.0 Å². The van der Waals surface area contributed by atoms with Crippen molar-refractivity contribution >= 4 is 5.69 Å². The van der Waals surface area contributed by atoms with Crippen LogP contribution >= 0.6 is 0 Å². The molecule has 106 valence electrons. The van der Waals surface area contributed by atoms with Crippen LogP contribution < -0.4 is 5.32 Å². The number of likely N-dealkylation sites (tertiary alicyclic amines) is 1. The molecule has 1 saturated heterocycles. The van der Waals surface area contributed by atoms with E-state index in [-0.39, 0.29) is 5.82 Å². The van der Waals surface area contributed by atoms with Gasteiger partial charge >= 0.3 is 0 Å². The molecule has 1 aromatic carbocycles. The fourth-order valence-corrected chi connectivity index (χ4v) is 2.80. The molecule has 2 rings (SSSR count). The van der Waals surface area contributed by atoms with Crippen LogP contribution in [0.25, 0.3) is 0 Å². The van der Waals surface area contributed by atoms with Gasteiger partial charge in [-0.2, -0.15) is 0 Å². The summed E-state index contributed by atoms with van der Waals surface area (Å²) in [6.45, 7) is 9.87. The van der Waals surface area contributed by atoms with E-state index in [4.69, 9.17) is 0 Å². The van der Waals surface area contributed by atoms with Gasteiger partial charge in [0.05, 0.1) is 5.69 Å². The molecule has 0 amide bonds. The first-order valence-corrected chi connectivity index (χ1v) is 7.30. The van der Waals surface area contributed by atoms with Gasteiger partial charge in [0.1, 0.15) is 5.82 Å². The maximum Gasteiger partial charge on any atom is 0.146 e. The van der Waals surface area contributed by atoms with Crippen LogP contribution in [0.4, 0.5) is 10.1 Å². The van der Waals surface area contributed by atoms with Gasteiger partial charge in [-0.15, -0.1) is 0 Å². The van der Waals surface area contributed by atoms with Gasteiger partial charge in [0.25, 0.3) is 0 Å². The monoisotopic (exact) mass is 264 g/mol. The number of nitrogens with zero attached hydrogens (tertiary/aromatic N) is 1. The quantitative estimate of drug-likeness (QED) is 0.892. The van der Waals surface area contributed by atoms with Gasteiger partial charge in [0.2, 0.25) is 0 Å². The number of hydrogen-bond donors (Lipinski definition) is 1. The van der Waals surface area contributed by atoms with Crippen molar-refractivity contribution in [3.05, 3.63) is 29.6 Å². The van der Waals surface area contributed by atoms with E-state index >= 15 is 0 Å². The first kappa shape index (κ1) is 14.3. The summed E-state index contributed by atoms with van der Waals surface area (Å²) in [7, 11) is 0. The lowest BCUT2D eigenvalue weighted by atomic mass is 10.0. The van der Waals surface area contributed by atoms with E-state index in [0.717, 1.165) is 37.4 Å². The first-order chi connectivity index (χ1) is 9.06. The second-order valence-electron chi connectivity index (χ2n) is 6.04. The van der Waals surface area contributed by atoms with E-state index in [0.29, 0.717) is 11.7 Å². The molecule has 0 atom stereocenters. The minimum atomic E-state index is -0.135. The van der Waals surface area contributed by atoms with Gasteiger partial charge in [-0.1, -0.05) is 26.0 Å². The molecule has 1 heterocycles. The van der Waals surface area contributed by atoms with Crippen molar-refractivity contribution in [2.45, 2.75) is 39.7 Å². The number of piperidine rings is 1. The average Bonchev–Trinajstić information content (AvgIpc) is 2.35. The van der Waals surface area contributed by atoms with Gasteiger partial charge in [-0.3, -0.25) is 0 Å². The summed E-state index contributed by atoms with van der Waals surface area (Å²) in [6, 6.07) is 5.66. The van der Waals surface area contributed by atoms with Gasteiger partial charge in [0, 0.05) is 25.7 Å². The zero-order chi connectivity index (χ0) is 13.8. The highest BCUT2D eigenvalue weighted by atomic mass is 19.1. The molecule has 1 fully saturated rings. The standard InChI is InChI=1S/C16H25FN2/c1-12(2)11-19-9-7-14(8-10-19)18-16-13(3)5-4-6-15(16)17/h4-6,12,14,18H,7-11H2,1-3H3. The molecule has 0 unspecified atom stereocenters. The van der Waals surface area contributed by atoms with E-state index in [1.54, 1.807) is 6.07 Å². The molecule has 0 aromatic heterocycles. The summed E-state index contributed by atoms with van der Waals surface area (Å²) in [4.78, 5) is 2.51. The molecule has 1 aliphatic heterocycles. The van der Waals surface area contributed by atoms with Crippen LogP contribution in [-0.2, 0) is 0 Å². The Hall–Kier alpha value is -1.09. The Morgan fingerprint density at radius 3 is 2.58 bits per heavy atom. The zero-order valence-corrected chi connectivity index (χ0v) is 12.2. The molecule has 1 aliphatic rings. The molecule has 0 radical (unpaired) electrons. The van der Waals surface area contributed by atoms with Gasteiger partial charge in [-0.25, -0.2) is 4.39 Å². The molecule has 1 aromatic rings. The van der Waals surface area contributed by atoms with Crippen LogP contribution in [0.15, 0.2) is 18.2 Å². The smallest absolute Gasteiger partial charge is 0.146 e. The largest absolute Gasteiger partial charge is 0.380 e. The third-order valence-electron chi connectivity index (χ3n) is 3.78. The van der Waals surface area contributed by atoms with Gasteiger partial charge in [0.15, 0.2) is 0 Å². The number of rotatable bonds is 4. The molecule has 1 N–H and O–H groups in total. The second-order valence-corrected chi connectivity index (χ2v) is 6.04. The number of aryl methyl sites for hydroxylation is 1. The van der Waals surface area contributed by atoms with Crippen molar-refractivity contribution in [2.75, 3.05) is 25.0 Å². The minimum Gasteiger partial charge on any atom is -0.380 e. The van der Waals surface area contributed by atoms with E-state index in [2.05, 4.69) is 24.1 Å². The third-order valence-corrected chi connectivity index (χ3v) is 3.78. The van der Waals surface area contributed by atoms with Crippen LogP contribution in [-0.4, -0.2) is 30.6 Å². The molecular formula is C16H25FN2. The van der Waals surface area contributed by atoms with Crippen molar-refractivity contribution in [3.63, 3.8) is 0 Å². The molecule has 0 bridgehead atoms. The van der Waals surface area contributed by atoms with Crippen molar-refractivity contribution in [1.29, 1.82) is 0 Å². The maximum absolute atomic E-state index is 13.8. The molecule has 19 heavy (non-hydrogen) atoms. The Labute approximate surface area is 116 Å². The Morgan fingerprint density at radius 1 is 1.32 bits per heavy atom. The number of anilines is 1. The highest BCUT2D eigenvalue weighted by molar-refractivity contribution is 5.52. The van der Waals surface area contributed by atoms with Crippen LogP contribution in [0.1, 0.15) is 32.3 Å². The lowest BCUT2D eigenvalue weighted by Gasteiger charge is -2.34. The summed E-state index contributed by atoms with van der Waals surface area (Å²) < 4.78 is 13.8. The highest BCUT2D eigenvalue weighted by Gasteiger charge is 2.20. The number of nitrogens with one attached hydrogen (secondary N) is 1. The van der Waals surface area contributed by atoms with Crippen LogP contribution in [0.2, 0.25) is 0 Å². The topological polar surface area (TPSA) is 15.3 Å². The lowest BCUT2D eigenvalue weighted by Crippen LogP contribution is -2.40. The average molecular weight is 264 g/mol. The van der Waals surface area contributed by atoms with Crippen molar-refractivity contribution in [1.82, 2.24) is 4.90 Å². The van der Waals surface area contributed by atoms with Crippen molar-refractivity contribution in [2.24, 2.45) is 5.92 Å². The SMILES string of the molecule is Cc1cccc(F)c1NC1CCN(CC(C)C)CC1. The van der Waals surface area contributed by atoms with Crippen molar-refractivity contribution < 1.29 is 4.39 Å². The number of halogens is 1. The minimum absolute atomic E-state index is 0.135. The summed E-state index contributed by atoms with van der Waals surface area (Å²) in [5.74, 6) is 0.586. The molecule has 0 saturated carbocycles. The van der Waals surface area contributed by atoms with E-state index < -0.39 is 0 Å². The number of para-hydroxylation sites is 1. The number of benzene rings is 1. The molecular weight excluding hydrogens is 239 g/mol. The molecule has 0 aliphatic carbocycles. The van der Waals surface area contributed by atoms with Crippen LogP contribution in [0.3, 0.4) is 0 Å². The first-order valence-electron chi connectivity index (χ1n) is 7.30. The predicted octanol–water partition coefficient (Wildman–Crippen LogP) is 3.67. The Morgan fingerprint density at radius 2 is 2.00 bits per heavy atom. The fourth-order valence-electron chi connectivity index (χ4n) is 2.80. The zero-order valence-electron chi connectivity index (χ0n) is 12.2. The van der Waals surface area contributed by atoms with Gasteiger partial charge in [-0.05, 0) is 37.3 Å². The molecule has 0 spiro atoms. The summed E-state index contributed by atoms with van der Waals surface area (Å²) in [5.41, 5.74) is 1.68. The predicted molar refractivity (Wildman–Crippen MR) is 79.1 cm³/mol. The highest BCUT2D eigenvalue weighted by Crippen LogP contribution is 2.23. The van der Waals surface area contributed by atoms with Gasteiger partial charge < -0.3 is 10.2 Å². The summed E-state index contributed by atoms with van der Waals surface area (Å²) in [5, 5.41) is 3.39. The third kappa shape index (κ3) is 3.93. The van der Waals surface area contributed by atoms with E-state index in [9.17, 15) is 4.39 Å². The fraction of sp³-hybridized carbons (Fsp3) is 0.625. The summed E-state index contributed by atoms with van der Waals surface area (Å²) >= 11 is 0. The van der Waals surface area contributed by atoms with E-state index in [1.165, 1.54) is 12.6 Å². The Balaban J connectivity index is 1.89. The maximum atomic E-state index is 13.8. The normalized spacial score (nSPS) is 17.9. The molecule has 3 heteroatoms. The Bertz CT molecular complexity index is 389. The van der Waals surface area contributed by atoms with Crippen LogP contribution in [0, 0.1) is 18.7 Å². The van der Waals surface area contributed by atoms with Crippen molar-refractivity contribution in [3.8, 4) is 0 Å². The second kappa shape index (κ2) is 6.38. The number of hydrogen-bond acceptors (Lipinski definition) is 2. The Kier molecular flexibility index (Phi) is 4.81. The lowest BCUT2D eigenvalue weighted by molar-refractivity contribution is 0.198. The summed E-state index contributed by atoms with van der Waals surface area (Å²) in [6.07, 6.45) is 2.20. The molecule has 2 nitrogen and oxygen atoms in total.